The zero-order valence-corrected chi connectivity index (χ0v) is 5.69. The molecule has 0 radical (unpaired) electrons. The number of phenols is 2. The van der Waals surface area contributed by atoms with Gasteiger partial charge in [-0.3, -0.25) is 5.26 Å². The van der Waals surface area contributed by atoms with Crippen LogP contribution in [0.2, 0.25) is 0 Å². The van der Waals surface area contributed by atoms with E-state index >= 15 is 0 Å². The van der Waals surface area contributed by atoms with Gasteiger partial charge in [0.15, 0.2) is 0 Å². The van der Waals surface area contributed by atoms with E-state index < -0.39 is 0 Å². The van der Waals surface area contributed by atoms with Crippen LogP contribution in [0.4, 0.5) is 0 Å². The molecule has 11 heavy (non-hydrogen) atoms. The summed E-state index contributed by atoms with van der Waals surface area (Å²) in [7, 11) is 0. The van der Waals surface area contributed by atoms with Crippen molar-refractivity contribution in [1.29, 1.82) is 0 Å². The van der Waals surface area contributed by atoms with Gasteiger partial charge in [0.1, 0.15) is 18.1 Å². The van der Waals surface area contributed by atoms with E-state index in [0.717, 1.165) is 0 Å². The molecule has 0 saturated carbocycles. The van der Waals surface area contributed by atoms with Gasteiger partial charge >= 0.3 is 0 Å². The van der Waals surface area contributed by atoms with Gasteiger partial charge in [-0.15, -0.1) is 0 Å². The van der Waals surface area contributed by atoms with Gasteiger partial charge in [-0.2, -0.15) is 0 Å². The largest absolute Gasteiger partial charge is 0.508 e. The number of phenolic OH excluding ortho intramolecular Hbond substituents is 2. The van der Waals surface area contributed by atoms with Crippen LogP contribution in [-0.4, -0.2) is 15.5 Å². The van der Waals surface area contributed by atoms with Crippen LogP contribution in [0.3, 0.4) is 0 Å². The van der Waals surface area contributed by atoms with Crippen molar-refractivity contribution in [1.82, 2.24) is 0 Å². The maximum atomic E-state index is 9.06. The van der Waals surface area contributed by atoms with Crippen molar-refractivity contribution in [2.45, 2.75) is 6.61 Å². The van der Waals surface area contributed by atoms with Crippen LogP contribution in [0.15, 0.2) is 18.2 Å². The van der Waals surface area contributed by atoms with Crippen LogP contribution in [-0.2, 0) is 11.5 Å². The van der Waals surface area contributed by atoms with E-state index in [4.69, 9.17) is 15.5 Å². The average Bonchev–Trinajstić information content (AvgIpc) is 1.98. The van der Waals surface area contributed by atoms with Crippen LogP contribution < -0.4 is 0 Å². The SMILES string of the molecule is OOCc1cc(O)ccc1O. The second-order valence-electron chi connectivity index (χ2n) is 2.09. The van der Waals surface area contributed by atoms with E-state index in [0.29, 0.717) is 5.56 Å². The van der Waals surface area contributed by atoms with Crippen molar-refractivity contribution < 1.29 is 20.4 Å². The highest BCUT2D eigenvalue weighted by atomic mass is 17.1. The Morgan fingerprint density at radius 1 is 1.27 bits per heavy atom. The number of hydrogen-bond acceptors (Lipinski definition) is 4. The zero-order valence-electron chi connectivity index (χ0n) is 5.69. The fourth-order valence-corrected chi connectivity index (χ4v) is 0.757. The van der Waals surface area contributed by atoms with Gasteiger partial charge in [0.25, 0.3) is 0 Å². The quantitative estimate of drug-likeness (QED) is 0.340. The zero-order chi connectivity index (χ0) is 8.27. The predicted octanol–water partition coefficient (Wildman–Crippen LogP) is 1.09. The highest BCUT2D eigenvalue weighted by molar-refractivity contribution is 5.37. The average molecular weight is 156 g/mol. The summed E-state index contributed by atoms with van der Waals surface area (Å²) < 4.78 is 0. The number of benzene rings is 1. The molecule has 1 aromatic carbocycles. The summed E-state index contributed by atoms with van der Waals surface area (Å²) in [6.45, 7) is -0.139. The summed E-state index contributed by atoms with van der Waals surface area (Å²) in [6.07, 6.45) is 0. The molecule has 3 N–H and O–H groups in total. The first-order valence-corrected chi connectivity index (χ1v) is 3.01. The molecule has 0 amide bonds. The summed E-state index contributed by atoms with van der Waals surface area (Å²) >= 11 is 0. The third kappa shape index (κ3) is 1.83. The molecular weight excluding hydrogens is 148 g/mol. The molecule has 4 nitrogen and oxygen atoms in total. The first-order valence-electron chi connectivity index (χ1n) is 3.01. The van der Waals surface area contributed by atoms with Crippen molar-refractivity contribution in [3.63, 3.8) is 0 Å². The van der Waals surface area contributed by atoms with Gasteiger partial charge in [-0.05, 0) is 18.2 Å². The van der Waals surface area contributed by atoms with Gasteiger partial charge < -0.3 is 10.2 Å². The molecule has 0 atom stereocenters. The van der Waals surface area contributed by atoms with Gasteiger partial charge in [0.2, 0.25) is 0 Å². The summed E-state index contributed by atoms with van der Waals surface area (Å²) in [5.41, 5.74) is 0.340. The minimum Gasteiger partial charge on any atom is -0.508 e. The third-order valence-electron chi connectivity index (χ3n) is 1.28. The van der Waals surface area contributed by atoms with Gasteiger partial charge in [-0.1, -0.05) is 0 Å². The molecule has 0 unspecified atom stereocenters. The Bertz CT molecular complexity index is 246. The fraction of sp³-hybridized carbons (Fsp3) is 0.143. The number of rotatable bonds is 2. The normalized spacial score (nSPS) is 9.91. The summed E-state index contributed by atoms with van der Waals surface area (Å²) in [6, 6.07) is 3.98. The van der Waals surface area contributed by atoms with Crippen molar-refractivity contribution in [3.8, 4) is 11.5 Å². The van der Waals surface area contributed by atoms with Crippen LogP contribution in [0.5, 0.6) is 11.5 Å². The topological polar surface area (TPSA) is 69.9 Å². The molecule has 0 heterocycles. The molecule has 4 heteroatoms. The van der Waals surface area contributed by atoms with Crippen LogP contribution in [0.25, 0.3) is 0 Å². The van der Waals surface area contributed by atoms with Crippen molar-refractivity contribution in [2.75, 3.05) is 0 Å². The minimum atomic E-state index is -0.139. The Balaban J connectivity index is 2.93. The van der Waals surface area contributed by atoms with Crippen LogP contribution >= 0.6 is 0 Å². The summed E-state index contributed by atoms with van der Waals surface area (Å²) in [5, 5.41) is 26.0. The fourth-order valence-electron chi connectivity index (χ4n) is 0.757. The Hall–Kier alpha value is -1.26. The first kappa shape index (κ1) is 7.84. The van der Waals surface area contributed by atoms with E-state index in [1.165, 1.54) is 18.2 Å². The van der Waals surface area contributed by atoms with E-state index in [9.17, 15) is 0 Å². The lowest BCUT2D eigenvalue weighted by Crippen LogP contribution is -1.87. The monoisotopic (exact) mass is 156 g/mol. The lowest BCUT2D eigenvalue weighted by Gasteiger charge is -2.01. The second kappa shape index (κ2) is 3.23. The van der Waals surface area contributed by atoms with Gasteiger partial charge in [0.05, 0.1) is 0 Å². The smallest absolute Gasteiger partial charge is 0.121 e. The van der Waals surface area contributed by atoms with Gasteiger partial charge in [-0.25, -0.2) is 4.89 Å². The summed E-state index contributed by atoms with van der Waals surface area (Å²) in [5.74, 6) is 0.00620. The Kier molecular flexibility index (Phi) is 2.30. The molecule has 0 aliphatic heterocycles. The Morgan fingerprint density at radius 2 is 2.00 bits per heavy atom. The lowest BCUT2D eigenvalue weighted by atomic mass is 10.2. The van der Waals surface area contributed by atoms with Crippen molar-refractivity contribution in [2.24, 2.45) is 0 Å². The molecule has 0 saturated heterocycles. The lowest BCUT2D eigenvalue weighted by molar-refractivity contribution is -0.253. The van der Waals surface area contributed by atoms with E-state index in [-0.39, 0.29) is 18.1 Å². The molecule has 0 bridgehead atoms. The molecule has 0 fully saturated rings. The standard InChI is InChI=1S/C7H8O4/c8-6-1-2-7(9)5(3-6)4-11-10/h1-3,8-10H,4H2. The number of hydrogen-bond donors (Lipinski definition) is 3. The molecule has 0 spiro atoms. The minimum absolute atomic E-state index is 0.0168. The van der Waals surface area contributed by atoms with Gasteiger partial charge in [0, 0.05) is 5.56 Å². The van der Waals surface area contributed by atoms with E-state index in [1.807, 2.05) is 0 Å². The van der Waals surface area contributed by atoms with Crippen molar-refractivity contribution in [3.05, 3.63) is 23.8 Å². The molecular formula is C7H8O4. The maximum Gasteiger partial charge on any atom is 0.121 e. The third-order valence-corrected chi connectivity index (χ3v) is 1.28. The molecule has 0 aliphatic rings. The molecule has 1 aromatic rings. The Labute approximate surface area is 63.2 Å². The highest BCUT2D eigenvalue weighted by Crippen LogP contribution is 2.22. The highest BCUT2D eigenvalue weighted by Gasteiger charge is 2.01. The summed E-state index contributed by atoms with van der Waals surface area (Å²) in [4.78, 5) is 3.79. The maximum absolute atomic E-state index is 9.06. The van der Waals surface area contributed by atoms with E-state index in [2.05, 4.69) is 4.89 Å². The second-order valence-corrected chi connectivity index (χ2v) is 2.09. The van der Waals surface area contributed by atoms with Crippen LogP contribution in [0, 0.1) is 0 Å². The molecule has 0 aromatic heterocycles. The Morgan fingerprint density at radius 3 is 2.64 bits per heavy atom. The first-order chi connectivity index (χ1) is 5.24. The molecule has 0 aliphatic carbocycles. The molecule has 1 rings (SSSR count). The van der Waals surface area contributed by atoms with Crippen LogP contribution in [0.1, 0.15) is 5.56 Å². The molecule has 60 valence electrons. The van der Waals surface area contributed by atoms with E-state index in [1.54, 1.807) is 0 Å². The number of aromatic hydroxyl groups is 2. The predicted molar refractivity (Wildman–Crippen MR) is 37.2 cm³/mol. The van der Waals surface area contributed by atoms with Crippen molar-refractivity contribution >= 4 is 0 Å².